The van der Waals surface area contributed by atoms with E-state index in [1.54, 1.807) is 12.1 Å². The number of nitrogens with zero attached hydrogens (tertiary/aromatic N) is 1. The van der Waals surface area contributed by atoms with Crippen molar-refractivity contribution in [3.8, 4) is 6.07 Å². The van der Waals surface area contributed by atoms with Crippen LogP contribution in [-0.2, 0) is 11.3 Å². The summed E-state index contributed by atoms with van der Waals surface area (Å²) in [5.41, 5.74) is 0.816. The molecule has 0 aromatic heterocycles. The second kappa shape index (κ2) is 12.9. The summed E-state index contributed by atoms with van der Waals surface area (Å²) >= 11 is 0. The van der Waals surface area contributed by atoms with E-state index in [4.69, 9.17) is 0 Å². The molecule has 0 saturated heterocycles. The molecule has 0 aliphatic heterocycles. The van der Waals surface area contributed by atoms with Crippen molar-refractivity contribution in [2.45, 2.75) is 83.2 Å². The molecule has 2 N–H and O–H groups in total. The first kappa shape index (κ1) is 21.9. The van der Waals surface area contributed by atoms with Crippen LogP contribution in [0.15, 0.2) is 36.0 Å². The van der Waals surface area contributed by atoms with Gasteiger partial charge in [0.05, 0.1) is 0 Å². The number of amides is 1. The number of halogens is 1. The highest BCUT2D eigenvalue weighted by molar-refractivity contribution is 5.97. The first-order chi connectivity index (χ1) is 13.7. The van der Waals surface area contributed by atoms with Crippen molar-refractivity contribution in [1.82, 2.24) is 10.6 Å². The van der Waals surface area contributed by atoms with E-state index in [-0.39, 0.29) is 23.3 Å². The Bertz CT molecular complexity index is 669. The van der Waals surface area contributed by atoms with Crippen molar-refractivity contribution in [2.75, 3.05) is 0 Å². The van der Waals surface area contributed by atoms with Gasteiger partial charge < -0.3 is 10.6 Å². The average molecular weight is 386 g/mol. The lowest BCUT2D eigenvalue weighted by molar-refractivity contribution is -0.117. The van der Waals surface area contributed by atoms with Crippen molar-refractivity contribution in [3.05, 3.63) is 47.4 Å². The SMILES string of the molecule is N#C/C(=C/NCc1cccc(F)c1)C(=O)NC1CCCCCCCCCCC1. The Morgan fingerprint density at radius 1 is 1.07 bits per heavy atom. The summed E-state index contributed by atoms with van der Waals surface area (Å²) < 4.78 is 13.2. The molecule has 0 bridgehead atoms. The van der Waals surface area contributed by atoms with Crippen LogP contribution in [-0.4, -0.2) is 11.9 Å². The zero-order valence-corrected chi connectivity index (χ0v) is 16.7. The molecular formula is C23H32FN3O. The highest BCUT2D eigenvalue weighted by Crippen LogP contribution is 2.17. The maximum absolute atomic E-state index is 13.2. The van der Waals surface area contributed by atoms with Crippen LogP contribution in [0.5, 0.6) is 0 Å². The lowest BCUT2D eigenvalue weighted by Crippen LogP contribution is -2.36. The zero-order valence-electron chi connectivity index (χ0n) is 16.7. The smallest absolute Gasteiger partial charge is 0.263 e. The van der Waals surface area contributed by atoms with Gasteiger partial charge >= 0.3 is 0 Å². The van der Waals surface area contributed by atoms with Gasteiger partial charge in [-0.25, -0.2) is 4.39 Å². The molecule has 0 heterocycles. The van der Waals surface area contributed by atoms with Gasteiger partial charge in [-0.15, -0.1) is 0 Å². The third-order valence-electron chi connectivity index (χ3n) is 5.25. The molecule has 1 aliphatic carbocycles. The third kappa shape index (κ3) is 8.56. The average Bonchev–Trinajstić information content (AvgIpc) is 2.67. The summed E-state index contributed by atoms with van der Waals surface area (Å²) in [4.78, 5) is 12.5. The minimum absolute atomic E-state index is 0.0579. The molecule has 1 amide bonds. The minimum atomic E-state index is -0.327. The Balaban J connectivity index is 1.86. The van der Waals surface area contributed by atoms with Gasteiger partial charge in [-0.2, -0.15) is 5.26 Å². The quantitative estimate of drug-likeness (QED) is 0.547. The molecule has 1 fully saturated rings. The van der Waals surface area contributed by atoms with E-state index in [1.807, 2.05) is 6.07 Å². The molecule has 1 aliphatic rings. The Morgan fingerprint density at radius 2 is 1.68 bits per heavy atom. The van der Waals surface area contributed by atoms with E-state index in [0.29, 0.717) is 6.54 Å². The van der Waals surface area contributed by atoms with Crippen LogP contribution in [0.2, 0.25) is 0 Å². The van der Waals surface area contributed by atoms with Gasteiger partial charge in [-0.1, -0.05) is 69.9 Å². The predicted molar refractivity (Wildman–Crippen MR) is 110 cm³/mol. The first-order valence-corrected chi connectivity index (χ1v) is 10.6. The molecule has 5 heteroatoms. The normalized spacial score (nSPS) is 17.6. The molecule has 1 aromatic carbocycles. The van der Waals surface area contributed by atoms with E-state index in [1.165, 1.54) is 63.3 Å². The van der Waals surface area contributed by atoms with E-state index < -0.39 is 0 Å². The monoisotopic (exact) mass is 385 g/mol. The van der Waals surface area contributed by atoms with E-state index in [0.717, 1.165) is 31.2 Å². The number of rotatable bonds is 5. The molecule has 0 radical (unpaired) electrons. The highest BCUT2D eigenvalue weighted by atomic mass is 19.1. The van der Waals surface area contributed by atoms with E-state index in [2.05, 4.69) is 10.6 Å². The molecule has 4 nitrogen and oxygen atoms in total. The molecule has 0 unspecified atom stereocenters. The molecule has 28 heavy (non-hydrogen) atoms. The number of carbonyl (C=O) groups excluding carboxylic acids is 1. The van der Waals surface area contributed by atoms with E-state index in [9.17, 15) is 14.4 Å². The summed E-state index contributed by atoms with van der Waals surface area (Å²) in [6.45, 7) is 0.361. The number of nitrogens with one attached hydrogen (secondary N) is 2. The van der Waals surface area contributed by atoms with Crippen LogP contribution in [0.3, 0.4) is 0 Å². The van der Waals surface area contributed by atoms with Crippen LogP contribution >= 0.6 is 0 Å². The lowest BCUT2D eigenvalue weighted by atomic mass is 9.98. The fraction of sp³-hybridized carbons (Fsp3) is 0.565. The fourth-order valence-electron chi connectivity index (χ4n) is 3.64. The fourth-order valence-corrected chi connectivity index (χ4v) is 3.64. The first-order valence-electron chi connectivity index (χ1n) is 10.6. The van der Waals surface area contributed by atoms with Gasteiger partial charge in [0.15, 0.2) is 0 Å². The Kier molecular flexibility index (Phi) is 10.1. The van der Waals surface area contributed by atoms with Gasteiger partial charge in [-0.3, -0.25) is 4.79 Å². The summed E-state index contributed by atoms with van der Waals surface area (Å²) in [5.74, 6) is -0.629. The van der Waals surface area contributed by atoms with Gasteiger partial charge in [0.25, 0.3) is 5.91 Å². The van der Waals surface area contributed by atoms with Crippen LogP contribution in [0.4, 0.5) is 4.39 Å². The van der Waals surface area contributed by atoms with Crippen molar-refractivity contribution in [3.63, 3.8) is 0 Å². The lowest BCUT2D eigenvalue weighted by Gasteiger charge is -2.19. The zero-order chi connectivity index (χ0) is 20.0. The van der Waals surface area contributed by atoms with Crippen molar-refractivity contribution in [1.29, 1.82) is 5.26 Å². The highest BCUT2D eigenvalue weighted by Gasteiger charge is 2.16. The number of carbonyl (C=O) groups is 1. The molecular weight excluding hydrogens is 353 g/mol. The second-order valence-corrected chi connectivity index (χ2v) is 7.61. The topological polar surface area (TPSA) is 64.9 Å². The molecule has 0 spiro atoms. The van der Waals surface area contributed by atoms with Gasteiger partial charge in [0.2, 0.25) is 0 Å². The van der Waals surface area contributed by atoms with Gasteiger partial charge in [0.1, 0.15) is 17.5 Å². The molecule has 152 valence electrons. The van der Waals surface area contributed by atoms with Crippen molar-refractivity contribution >= 4 is 5.91 Å². The maximum atomic E-state index is 13.2. The molecule has 1 saturated carbocycles. The summed E-state index contributed by atoms with van der Waals surface area (Å²) in [6.07, 6.45) is 14.6. The van der Waals surface area contributed by atoms with Crippen LogP contribution < -0.4 is 10.6 Å². The largest absolute Gasteiger partial charge is 0.386 e. The maximum Gasteiger partial charge on any atom is 0.263 e. The Morgan fingerprint density at radius 3 is 2.25 bits per heavy atom. The van der Waals surface area contributed by atoms with Gasteiger partial charge in [0, 0.05) is 18.8 Å². The Hall–Kier alpha value is -2.35. The number of hydrogen-bond donors (Lipinski definition) is 2. The minimum Gasteiger partial charge on any atom is -0.386 e. The summed E-state index contributed by atoms with van der Waals surface area (Å²) in [6, 6.07) is 8.34. The van der Waals surface area contributed by atoms with Crippen molar-refractivity contribution < 1.29 is 9.18 Å². The predicted octanol–water partition coefficient (Wildman–Crippen LogP) is 5.11. The number of nitriles is 1. The number of benzene rings is 1. The molecule has 2 rings (SSSR count). The van der Waals surface area contributed by atoms with E-state index >= 15 is 0 Å². The second-order valence-electron chi connectivity index (χ2n) is 7.61. The standard InChI is InChI=1S/C23H32FN3O/c24-21-12-10-11-19(15-21)17-26-18-20(16-25)23(28)27-22-13-8-6-4-2-1-3-5-7-9-14-22/h10-12,15,18,22,26H,1-9,13-14,17H2,(H,27,28)/b20-18-. The third-order valence-corrected chi connectivity index (χ3v) is 5.25. The molecule has 0 atom stereocenters. The van der Waals surface area contributed by atoms with Crippen LogP contribution in [0, 0.1) is 17.1 Å². The Labute approximate surface area is 168 Å². The van der Waals surface area contributed by atoms with Crippen molar-refractivity contribution in [2.24, 2.45) is 0 Å². The van der Waals surface area contributed by atoms with Crippen LogP contribution in [0.25, 0.3) is 0 Å². The van der Waals surface area contributed by atoms with Crippen LogP contribution in [0.1, 0.15) is 76.2 Å². The molecule has 1 aromatic rings. The van der Waals surface area contributed by atoms with Gasteiger partial charge in [-0.05, 0) is 30.5 Å². The summed E-state index contributed by atoms with van der Waals surface area (Å²) in [7, 11) is 0. The number of hydrogen-bond acceptors (Lipinski definition) is 3. The summed E-state index contributed by atoms with van der Waals surface area (Å²) in [5, 5.41) is 15.3.